The number of aliphatic imine (C=N–C) groups is 1. The molecule has 1 N–H and O–H groups in total. The van der Waals surface area contributed by atoms with Crippen LogP contribution >= 0.6 is 11.6 Å². The Morgan fingerprint density at radius 1 is 1.38 bits per heavy atom. The number of hydrogen-bond acceptors (Lipinski definition) is 6. The molecule has 8 nitrogen and oxygen atoms in total. The van der Waals surface area contributed by atoms with Gasteiger partial charge in [0, 0.05) is 26.2 Å². The van der Waals surface area contributed by atoms with Gasteiger partial charge in [0.05, 0.1) is 47.1 Å². The van der Waals surface area contributed by atoms with Gasteiger partial charge < -0.3 is 10.2 Å². The number of hydrogen-bond donors (Lipinski definition) is 1. The maximum absolute atomic E-state index is 14.5. The normalized spacial score (nSPS) is 20.9. The first-order valence-electron chi connectivity index (χ1n) is 10.5. The van der Waals surface area contributed by atoms with E-state index in [0.29, 0.717) is 5.02 Å². The Morgan fingerprint density at radius 2 is 2.06 bits per heavy atom. The highest BCUT2D eigenvalue weighted by Crippen LogP contribution is 2.36. The second kappa shape index (κ2) is 10.4. The minimum Gasteiger partial charge on any atom is -0.352 e. The highest BCUT2D eigenvalue weighted by molar-refractivity contribution is 6.30. The fourth-order valence-corrected chi connectivity index (χ4v) is 3.97. The van der Waals surface area contributed by atoms with Gasteiger partial charge in [-0.15, -0.1) is 0 Å². The van der Waals surface area contributed by atoms with Gasteiger partial charge in [-0.1, -0.05) is 18.5 Å². The second-order valence-electron chi connectivity index (χ2n) is 8.17. The number of carbonyl (C=O) groups excluding carboxylic acids is 1. The van der Waals surface area contributed by atoms with Crippen molar-refractivity contribution >= 4 is 35.9 Å². The highest BCUT2D eigenvalue weighted by atomic mass is 35.5. The lowest BCUT2D eigenvalue weighted by atomic mass is 9.88. The summed E-state index contributed by atoms with van der Waals surface area (Å²) in [5.74, 6) is -4.52. The molecule has 0 saturated carbocycles. The summed E-state index contributed by atoms with van der Waals surface area (Å²) in [6.07, 6.45) is 6.46. The minimum atomic E-state index is -3.07. The van der Waals surface area contributed by atoms with Crippen molar-refractivity contribution in [1.29, 1.82) is 0 Å². The number of halogens is 4. The van der Waals surface area contributed by atoms with Crippen molar-refractivity contribution in [2.75, 3.05) is 18.4 Å². The van der Waals surface area contributed by atoms with E-state index in [4.69, 9.17) is 11.6 Å². The molecule has 0 aromatic carbocycles. The molecule has 1 amide bonds. The number of likely N-dealkylation sites (tertiary alicyclic amines) is 1. The van der Waals surface area contributed by atoms with Gasteiger partial charge >= 0.3 is 0 Å². The zero-order chi connectivity index (χ0) is 25.0. The fraction of sp³-hybridized carbons (Fsp3) is 0.409. The molecule has 182 valence electrons. The van der Waals surface area contributed by atoms with Gasteiger partial charge in [0.2, 0.25) is 5.95 Å². The molecule has 34 heavy (non-hydrogen) atoms. The Balaban J connectivity index is 1.94. The number of nitrogens with zero attached hydrogens (tertiary/aromatic N) is 6. The van der Waals surface area contributed by atoms with Crippen molar-refractivity contribution in [3.8, 4) is 0 Å². The van der Waals surface area contributed by atoms with Gasteiger partial charge in [-0.25, -0.2) is 23.1 Å². The van der Waals surface area contributed by atoms with Crippen LogP contribution < -0.4 is 5.32 Å². The Bertz CT molecular complexity index is 1110. The molecule has 2 aromatic heterocycles. The van der Waals surface area contributed by atoms with Crippen molar-refractivity contribution in [2.45, 2.75) is 32.2 Å². The standard InChI is InChI=1S/C22H25ClF3N7O/c1-13-7-22(25,26)12-33(18(13)10-30-21-28-8-15(23)9-29-21)20(34)19-16(11-32(4)31-19)17(27-3)6-5-14(2)24/h5-6,8-9,11,13,18H,3,7,10,12H2,1-2,4H3,(H,28,29,30)/b14-5+,17-6-/t13-,18?/m1/s1. The van der Waals surface area contributed by atoms with E-state index in [9.17, 15) is 18.0 Å². The Kier molecular flexibility index (Phi) is 7.75. The Morgan fingerprint density at radius 3 is 2.68 bits per heavy atom. The molecule has 1 fully saturated rings. The zero-order valence-electron chi connectivity index (χ0n) is 19.0. The average Bonchev–Trinajstić information content (AvgIpc) is 3.14. The number of aryl methyl sites for hydroxylation is 1. The van der Waals surface area contributed by atoms with Crippen LogP contribution in [0.15, 0.2) is 41.6 Å². The molecule has 2 atom stereocenters. The number of rotatable bonds is 7. The number of amides is 1. The smallest absolute Gasteiger partial charge is 0.275 e. The van der Waals surface area contributed by atoms with Crippen LogP contribution in [0.3, 0.4) is 0 Å². The molecular formula is C22H25ClF3N7O. The molecule has 12 heteroatoms. The number of piperidine rings is 1. The van der Waals surface area contributed by atoms with Gasteiger partial charge in [-0.05, 0) is 31.7 Å². The third kappa shape index (κ3) is 6.02. The maximum atomic E-state index is 14.5. The topological polar surface area (TPSA) is 88.3 Å². The predicted octanol–water partition coefficient (Wildman–Crippen LogP) is 4.38. The predicted molar refractivity (Wildman–Crippen MR) is 125 cm³/mol. The Labute approximate surface area is 200 Å². The molecule has 1 aliphatic rings. The van der Waals surface area contributed by atoms with E-state index >= 15 is 0 Å². The summed E-state index contributed by atoms with van der Waals surface area (Å²) in [6.45, 7) is 5.75. The van der Waals surface area contributed by atoms with Crippen LogP contribution in [-0.2, 0) is 7.05 Å². The second-order valence-corrected chi connectivity index (χ2v) is 8.61. The number of carbonyl (C=O) groups is 1. The van der Waals surface area contributed by atoms with Crippen molar-refractivity contribution in [2.24, 2.45) is 18.0 Å². The molecule has 0 radical (unpaired) electrons. The van der Waals surface area contributed by atoms with E-state index in [1.807, 2.05) is 0 Å². The van der Waals surface area contributed by atoms with Gasteiger partial charge in [0.25, 0.3) is 11.8 Å². The molecule has 1 aliphatic heterocycles. The summed E-state index contributed by atoms with van der Waals surface area (Å²) in [5.41, 5.74) is 0.368. The zero-order valence-corrected chi connectivity index (χ0v) is 19.7. The largest absolute Gasteiger partial charge is 0.352 e. The van der Waals surface area contributed by atoms with Crippen molar-refractivity contribution in [3.63, 3.8) is 0 Å². The quantitative estimate of drug-likeness (QED) is 0.455. The van der Waals surface area contributed by atoms with E-state index in [0.717, 1.165) is 4.90 Å². The van der Waals surface area contributed by atoms with Crippen molar-refractivity contribution < 1.29 is 18.0 Å². The van der Waals surface area contributed by atoms with Crippen LogP contribution in [0.5, 0.6) is 0 Å². The molecule has 2 aromatic rings. The minimum absolute atomic E-state index is 0.0799. The lowest BCUT2D eigenvalue weighted by Gasteiger charge is -2.43. The van der Waals surface area contributed by atoms with E-state index in [1.165, 1.54) is 42.3 Å². The summed E-state index contributed by atoms with van der Waals surface area (Å²) in [6, 6.07) is -0.599. The first-order chi connectivity index (χ1) is 16.0. The molecule has 0 aliphatic carbocycles. The van der Waals surface area contributed by atoms with Crippen molar-refractivity contribution in [3.05, 3.63) is 52.8 Å². The Hall–Kier alpha value is -3.21. The average molecular weight is 496 g/mol. The number of aromatic nitrogens is 4. The summed E-state index contributed by atoms with van der Waals surface area (Å²) in [5, 5.41) is 7.54. The number of alkyl halides is 2. The van der Waals surface area contributed by atoms with E-state index in [-0.39, 0.29) is 35.9 Å². The van der Waals surface area contributed by atoms with Gasteiger partial charge in [-0.2, -0.15) is 5.10 Å². The summed E-state index contributed by atoms with van der Waals surface area (Å²) >= 11 is 5.80. The van der Waals surface area contributed by atoms with E-state index in [2.05, 4.69) is 32.1 Å². The highest BCUT2D eigenvalue weighted by Gasteiger charge is 2.46. The molecule has 0 spiro atoms. The molecule has 3 heterocycles. The summed E-state index contributed by atoms with van der Waals surface area (Å²) in [4.78, 5) is 26.6. The number of anilines is 1. The van der Waals surface area contributed by atoms with Crippen LogP contribution in [0, 0.1) is 5.92 Å². The van der Waals surface area contributed by atoms with E-state index < -0.39 is 36.2 Å². The van der Waals surface area contributed by atoms with Crippen molar-refractivity contribution in [1.82, 2.24) is 24.6 Å². The number of allylic oxidation sites excluding steroid dienone is 3. The van der Waals surface area contributed by atoms with Gasteiger partial charge in [-0.3, -0.25) is 14.5 Å². The molecule has 3 rings (SSSR count). The lowest BCUT2D eigenvalue weighted by Crippen LogP contribution is -2.57. The monoisotopic (exact) mass is 495 g/mol. The summed E-state index contributed by atoms with van der Waals surface area (Å²) < 4.78 is 43.7. The molecule has 0 bridgehead atoms. The molecular weight excluding hydrogens is 471 g/mol. The summed E-state index contributed by atoms with van der Waals surface area (Å²) in [7, 11) is 1.58. The number of nitrogens with one attached hydrogen (secondary N) is 1. The van der Waals surface area contributed by atoms with Gasteiger partial charge in [0.15, 0.2) is 5.69 Å². The van der Waals surface area contributed by atoms with Crippen LogP contribution in [0.25, 0.3) is 5.70 Å². The maximum Gasteiger partial charge on any atom is 0.275 e. The fourth-order valence-electron chi connectivity index (χ4n) is 3.87. The van der Waals surface area contributed by atoms with Crippen LogP contribution in [0.4, 0.5) is 19.1 Å². The third-order valence-corrected chi connectivity index (χ3v) is 5.57. The lowest BCUT2D eigenvalue weighted by molar-refractivity contribution is -0.0899. The SMILES string of the molecule is C=N/C(=C\C=C(/C)F)c1cn(C)nc1C(=O)N1CC(F)(F)C[C@@H](C)C1CNc1ncc(Cl)cn1. The van der Waals surface area contributed by atoms with Crippen LogP contribution in [0.2, 0.25) is 5.02 Å². The first kappa shape index (κ1) is 25.4. The first-order valence-corrected chi connectivity index (χ1v) is 10.8. The van der Waals surface area contributed by atoms with Crippen LogP contribution in [-0.4, -0.2) is 62.3 Å². The molecule has 1 unspecified atom stereocenters. The van der Waals surface area contributed by atoms with Gasteiger partial charge in [0.1, 0.15) is 0 Å². The van der Waals surface area contributed by atoms with Crippen LogP contribution in [0.1, 0.15) is 36.3 Å². The third-order valence-electron chi connectivity index (χ3n) is 5.38. The van der Waals surface area contributed by atoms with E-state index in [1.54, 1.807) is 14.0 Å². The molecule has 1 saturated heterocycles.